The largest absolute Gasteiger partial charge is 1.00 e. The molecule has 0 aromatic carbocycles. The van der Waals surface area contributed by atoms with Gasteiger partial charge in [-0.15, -0.1) is 11.8 Å². The maximum atomic E-state index is 11.2. The Morgan fingerprint density at radius 3 is 2.88 bits per heavy atom. The van der Waals surface area contributed by atoms with Crippen LogP contribution in [0.25, 0.3) is 0 Å². The molecule has 0 bridgehead atoms. The number of rotatable bonds is 4. The Morgan fingerprint density at radius 2 is 2.38 bits per heavy atom. The van der Waals surface area contributed by atoms with E-state index in [2.05, 4.69) is 0 Å². The number of nitrogens with zero attached hydrogens (tertiary/aromatic N) is 1. The molecule has 2 aliphatic rings. The molecule has 0 aromatic rings. The zero-order valence-electron chi connectivity index (χ0n) is 8.76. The van der Waals surface area contributed by atoms with Gasteiger partial charge < -0.3 is 15.6 Å². The average molecular weight is 268 g/mol. The molecule has 2 aliphatic heterocycles. The third kappa shape index (κ3) is 2.44. The Bertz CT molecular complexity index is 361. The van der Waals surface area contributed by atoms with Crippen LogP contribution in [-0.2, 0) is 9.59 Å². The fraction of sp³-hybridized carbons (Fsp3) is 0.500. The number of carboxylic acids is 1. The number of amides is 1. The van der Waals surface area contributed by atoms with Crippen LogP contribution in [0.1, 0.15) is 6.42 Å². The average Bonchev–Trinajstić information content (AvgIpc) is 2.47. The summed E-state index contributed by atoms with van der Waals surface area (Å²) in [6.45, 7) is 0.480. The van der Waals surface area contributed by atoms with Crippen LogP contribution in [0, 0.1) is 0 Å². The van der Waals surface area contributed by atoms with Crippen LogP contribution in [0.4, 0.5) is 0 Å². The molecule has 0 aromatic heterocycles. The fourth-order valence-electron chi connectivity index (χ4n) is 1.46. The standard InChI is InChI=1S/C8H10N2O3S2.Na/c9-1-2-14-8-6(7(12)13)10-4(11)3-5(10)15-8;/h5H,1-3,9H2,(H,12,13);/q;+1/p-1/t5-;/m0./s1. The van der Waals surface area contributed by atoms with Crippen LogP contribution in [-0.4, -0.2) is 34.4 Å². The van der Waals surface area contributed by atoms with Crippen molar-refractivity contribution in [3.8, 4) is 0 Å². The van der Waals surface area contributed by atoms with Gasteiger partial charge in [0, 0.05) is 12.3 Å². The van der Waals surface area contributed by atoms with Crippen molar-refractivity contribution in [2.24, 2.45) is 5.73 Å². The third-order valence-corrected chi connectivity index (χ3v) is 4.72. The molecule has 1 atom stereocenters. The topological polar surface area (TPSA) is 86.5 Å². The van der Waals surface area contributed by atoms with Gasteiger partial charge in [-0.25, -0.2) is 0 Å². The molecule has 0 aliphatic carbocycles. The molecule has 82 valence electrons. The van der Waals surface area contributed by atoms with Gasteiger partial charge in [-0.3, -0.25) is 9.69 Å². The Hall–Kier alpha value is 0.340. The van der Waals surface area contributed by atoms with E-state index in [0.717, 1.165) is 0 Å². The summed E-state index contributed by atoms with van der Waals surface area (Å²) in [4.78, 5) is 23.4. The minimum Gasteiger partial charge on any atom is -0.543 e. The smallest absolute Gasteiger partial charge is 0.543 e. The Kier molecular flexibility index (Phi) is 5.21. The second-order valence-electron chi connectivity index (χ2n) is 3.10. The van der Waals surface area contributed by atoms with Crippen LogP contribution in [0.3, 0.4) is 0 Å². The second kappa shape index (κ2) is 5.79. The molecule has 0 radical (unpaired) electrons. The monoisotopic (exact) mass is 268 g/mol. The van der Waals surface area contributed by atoms with Gasteiger partial charge in [0.25, 0.3) is 0 Å². The van der Waals surface area contributed by atoms with Crippen LogP contribution < -0.4 is 40.4 Å². The van der Waals surface area contributed by atoms with Crippen molar-refractivity contribution >= 4 is 35.4 Å². The van der Waals surface area contributed by atoms with E-state index in [1.165, 1.54) is 28.4 Å². The Labute approximate surface area is 123 Å². The zero-order valence-corrected chi connectivity index (χ0v) is 12.4. The number of carbonyl (C=O) groups is 2. The van der Waals surface area contributed by atoms with Crippen molar-refractivity contribution < 1.29 is 44.3 Å². The Morgan fingerprint density at radius 1 is 1.69 bits per heavy atom. The number of carbonyl (C=O) groups excluding carboxylic acids is 2. The number of carboxylic acid groups (broad SMARTS) is 1. The Balaban J connectivity index is 0.00000128. The van der Waals surface area contributed by atoms with E-state index in [9.17, 15) is 14.7 Å². The van der Waals surface area contributed by atoms with Gasteiger partial charge >= 0.3 is 29.6 Å². The predicted octanol–water partition coefficient (Wildman–Crippen LogP) is -4.09. The van der Waals surface area contributed by atoms with Crippen molar-refractivity contribution in [3.63, 3.8) is 0 Å². The second-order valence-corrected chi connectivity index (χ2v) is 5.65. The molecule has 1 amide bonds. The van der Waals surface area contributed by atoms with Crippen LogP contribution >= 0.6 is 23.5 Å². The maximum Gasteiger partial charge on any atom is 1.00 e. The summed E-state index contributed by atoms with van der Waals surface area (Å²) in [6, 6.07) is 0. The first-order valence-corrected chi connectivity index (χ1v) is 6.29. The first-order chi connectivity index (χ1) is 7.15. The molecule has 5 nitrogen and oxygen atoms in total. The molecule has 1 saturated heterocycles. The number of hydrogen-bond acceptors (Lipinski definition) is 6. The minimum absolute atomic E-state index is 0. The molecule has 0 unspecified atom stereocenters. The van der Waals surface area contributed by atoms with Crippen molar-refractivity contribution in [2.45, 2.75) is 11.8 Å². The van der Waals surface area contributed by atoms with Crippen LogP contribution in [0.15, 0.2) is 9.93 Å². The van der Waals surface area contributed by atoms with Crippen molar-refractivity contribution in [2.75, 3.05) is 12.3 Å². The number of aliphatic carboxylic acids is 1. The van der Waals surface area contributed by atoms with Gasteiger partial charge in [-0.1, -0.05) is 11.8 Å². The number of β-lactam (4-membered cyclic amide) rings is 1. The number of thioether (sulfide) groups is 2. The van der Waals surface area contributed by atoms with E-state index in [-0.39, 0.29) is 46.5 Å². The molecule has 16 heavy (non-hydrogen) atoms. The van der Waals surface area contributed by atoms with E-state index in [1.54, 1.807) is 0 Å². The van der Waals surface area contributed by atoms with Gasteiger partial charge in [0.1, 0.15) is 0 Å². The van der Waals surface area contributed by atoms with Crippen molar-refractivity contribution in [3.05, 3.63) is 9.93 Å². The molecule has 2 heterocycles. The summed E-state index contributed by atoms with van der Waals surface area (Å²) in [5, 5.41) is 10.9. The molecule has 0 spiro atoms. The maximum absolute atomic E-state index is 11.2. The summed E-state index contributed by atoms with van der Waals surface area (Å²) < 4.78 is 0.649. The number of nitrogens with two attached hydrogens (primary N) is 1. The summed E-state index contributed by atoms with van der Waals surface area (Å²) in [7, 11) is 0. The van der Waals surface area contributed by atoms with E-state index >= 15 is 0 Å². The molecule has 2 rings (SSSR count). The van der Waals surface area contributed by atoms with E-state index in [1.807, 2.05) is 0 Å². The van der Waals surface area contributed by atoms with Gasteiger partial charge in [-0.05, 0) is 0 Å². The van der Waals surface area contributed by atoms with E-state index in [0.29, 0.717) is 23.0 Å². The molecule has 1 fully saturated rings. The van der Waals surface area contributed by atoms with Crippen LogP contribution in [0.2, 0.25) is 0 Å². The quantitative estimate of drug-likeness (QED) is 0.412. The summed E-state index contributed by atoms with van der Waals surface area (Å²) in [5.74, 6) is -0.777. The van der Waals surface area contributed by atoms with Crippen molar-refractivity contribution in [1.29, 1.82) is 0 Å². The van der Waals surface area contributed by atoms with E-state index < -0.39 is 5.97 Å². The predicted molar refractivity (Wildman–Crippen MR) is 56.4 cm³/mol. The first-order valence-electron chi connectivity index (χ1n) is 4.42. The molecular formula is C8H9N2NaO3S2. The minimum atomic E-state index is -1.28. The first kappa shape index (κ1) is 14.4. The number of fused-ring (bicyclic) bond motifs is 1. The summed E-state index contributed by atoms with van der Waals surface area (Å²) in [6.07, 6.45) is 0.411. The third-order valence-electron chi connectivity index (χ3n) is 2.13. The van der Waals surface area contributed by atoms with Gasteiger partial charge in [-0.2, -0.15) is 0 Å². The molecule has 8 heteroatoms. The van der Waals surface area contributed by atoms with Gasteiger partial charge in [0.15, 0.2) is 0 Å². The van der Waals surface area contributed by atoms with Gasteiger partial charge in [0.05, 0.1) is 27.7 Å². The normalized spacial score (nSPS) is 22.7. The van der Waals surface area contributed by atoms with Gasteiger partial charge in [0.2, 0.25) is 5.91 Å². The summed E-state index contributed by atoms with van der Waals surface area (Å²) >= 11 is 2.78. The molecule has 2 N–H and O–H groups in total. The van der Waals surface area contributed by atoms with Crippen LogP contribution in [0.5, 0.6) is 0 Å². The van der Waals surface area contributed by atoms with Crippen molar-refractivity contribution in [1.82, 2.24) is 4.90 Å². The molecular weight excluding hydrogens is 259 g/mol. The number of hydrogen-bond donors (Lipinski definition) is 1. The summed E-state index contributed by atoms with van der Waals surface area (Å²) in [5.41, 5.74) is 5.37. The SMILES string of the molecule is NCCSC1=C(C(=O)[O-])N2C(=O)C[C@@H]2S1.[Na+]. The fourth-order valence-corrected chi connectivity index (χ4v) is 4.04. The molecule has 0 saturated carbocycles. The van der Waals surface area contributed by atoms with E-state index in [4.69, 9.17) is 5.73 Å². The zero-order chi connectivity index (χ0) is 11.0.